The second-order valence-corrected chi connectivity index (χ2v) is 7.14. The highest BCUT2D eigenvalue weighted by Gasteiger charge is 2.22. The fraction of sp³-hybridized carbons (Fsp3) is 0.538. The zero-order chi connectivity index (χ0) is 13.2. The van der Waals surface area contributed by atoms with Crippen LogP contribution in [0.2, 0.25) is 0 Å². The van der Waals surface area contributed by atoms with Gasteiger partial charge in [0.15, 0.2) is 9.84 Å². The second kappa shape index (κ2) is 5.28. The summed E-state index contributed by atoms with van der Waals surface area (Å²) in [5.74, 6) is 0.681. The van der Waals surface area contributed by atoms with Crippen molar-refractivity contribution in [3.05, 3.63) is 29.3 Å². The van der Waals surface area contributed by atoms with Gasteiger partial charge in [-0.2, -0.15) is 0 Å². The van der Waals surface area contributed by atoms with Crippen LogP contribution in [0.25, 0.3) is 0 Å². The summed E-state index contributed by atoms with van der Waals surface area (Å²) in [6.07, 6.45) is 1.90. The largest absolute Gasteiger partial charge is 0.508 e. The first-order chi connectivity index (χ1) is 8.52. The Morgan fingerprint density at radius 1 is 1.44 bits per heavy atom. The molecule has 0 amide bonds. The molecule has 0 saturated heterocycles. The average molecular weight is 269 g/mol. The van der Waals surface area contributed by atoms with E-state index in [2.05, 4.69) is 5.32 Å². The minimum absolute atomic E-state index is 0.188. The van der Waals surface area contributed by atoms with Gasteiger partial charge in [-0.1, -0.05) is 13.0 Å². The molecule has 1 aromatic rings. The monoisotopic (exact) mass is 269 g/mol. The quantitative estimate of drug-likeness (QED) is 0.848. The Morgan fingerprint density at radius 2 is 2.22 bits per heavy atom. The molecule has 2 N–H and O–H groups in total. The number of nitrogens with one attached hydrogen (secondary N) is 1. The summed E-state index contributed by atoms with van der Waals surface area (Å²) in [4.78, 5) is 0. The van der Waals surface area contributed by atoms with Crippen LogP contribution in [0.1, 0.15) is 30.5 Å². The Morgan fingerprint density at radius 3 is 2.94 bits per heavy atom. The van der Waals surface area contributed by atoms with Crippen LogP contribution in [-0.2, 0) is 16.3 Å². The lowest BCUT2D eigenvalue weighted by atomic mass is 10.1. The number of sulfone groups is 1. The standard InChI is InChI=1S/C13H19NO3S/c1-2-18(16,17)8-7-14-13-6-3-10-9-11(15)4-5-12(10)13/h4-5,9,13-15H,2-3,6-8H2,1H3. The Hall–Kier alpha value is -1.07. The van der Waals surface area contributed by atoms with E-state index in [4.69, 9.17) is 0 Å². The van der Waals surface area contributed by atoms with Gasteiger partial charge in [-0.15, -0.1) is 0 Å². The molecule has 1 unspecified atom stereocenters. The molecule has 1 aliphatic rings. The van der Waals surface area contributed by atoms with Crippen LogP contribution in [0.5, 0.6) is 5.75 Å². The number of aryl methyl sites for hydroxylation is 1. The van der Waals surface area contributed by atoms with E-state index in [0.717, 1.165) is 18.4 Å². The Balaban J connectivity index is 1.94. The minimum atomic E-state index is -2.90. The molecule has 18 heavy (non-hydrogen) atoms. The number of hydrogen-bond donors (Lipinski definition) is 2. The molecule has 5 heteroatoms. The van der Waals surface area contributed by atoms with Crippen LogP contribution >= 0.6 is 0 Å². The highest BCUT2D eigenvalue weighted by atomic mass is 32.2. The third kappa shape index (κ3) is 3.03. The van der Waals surface area contributed by atoms with Crippen LogP contribution in [-0.4, -0.2) is 31.6 Å². The third-order valence-electron chi connectivity index (χ3n) is 3.45. The van der Waals surface area contributed by atoms with Gasteiger partial charge in [-0.05, 0) is 36.1 Å². The molecule has 0 aliphatic heterocycles. The highest BCUT2D eigenvalue weighted by Crippen LogP contribution is 2.32. The number of rotatable bonds is 5. The molecular weight excluding hydrogens is 250 g/mol. The predicted octanol–water partition coefficient (Wildman–Crippen LogP) is 1.40. The average Bonchev–Trinajstić information content (AvgIpc) is 2.71. The van der Waals surface area contributed by atoms with Crippen molar-refractivity contribution in [1.29, 1.82) is 0 Å². The zero-order valence-electron chi connectivity index (χ0n) is 10.5. The number of aromatic hydroxyl groups is 1. The van der Waals surface area contributed by atoms with Gasteiger partial charge in [0.1, 0.15) is 5.75 Å². The van der Waals surface area contributed by atoms with E-state index in [0.29, 0.717) is 12.3 Å². The van der Waals surface area contributed by atoms with Crippen LogP contribution in [0.4, 0.5) is 0 Å². The van der Waals surface area contributed by atoms with Crippen molar-refractivity contribution in [1.82, 2.24) is 5.32 Å². The maximum absolute atomic E-state index is 11.4. The molecule has 1 aliphatic carbocycles. The summed E-state index contributed by atoms with van der Waals surface area (Å²) < 4.78 is 22.8. The Labute approximate surface area is 108 Å². The molecule has 2 rings (SSSR count). The number of phenolic OH excluding ortho intramolecular Hbond substituents is 1. The van der Waals surface area contributed by atoms with E-state index < -0.39 is 9.84 Å². The fourth-order valence-corrected chi connectivity index (χ4v) is 3.07. The zero-order valence-corrected chi connectivity index (χ0v) is 11.3. The van der Waals surface area contributed by atoms with Crippen molar-refractivity contribution < 1.29 is 13.5 Å². The van der Waals surface area contributed by atoms with Crippen molar-refractivity contribution >= 4 is 9.84 Å². The molecule has 0 saturated carbocycles. The predicted molar refractivity (Wildman–Crippen MR) is 71.5 cm³/mol. The number of hydrogen-bond acceptors (Lipinski definition) is 4. The van der Waals surface area contributed by atoms with Gasteiger partial charge < -0.3 is 10.4 Å². The van der Waals surface area contributed by atoms with Crippen LogP contribution in [0, 0.1) is 0 Å². The first kappa shape index (κ1) is 13.4. The molecule has 0 heterocycles. The smallest absolute Gasteiger partial charge is 0.151 e. The molecular formula is C13H19NO3S. The summed E-state index contributed by atoms with van der Waals surface area (Å²) in [7, 11) is -2.90. The van der Waals surface area contributed by atoms with E-state index in [1.807, 2.05) is 6.07 Å². The van der Waals surface area contributed by atoms with Gasteiger partial charge in [-0.3, -0.25) is 0 Å². The number of benzene rings is 1. The van der Waals surface area contributed by atoms with E-state index in [1.54, 1.807) is 19.1 Å². The minimum Gasteiger partial charge on any atom is -0.508 e. The second-order valence-electron chi connectivity index (χ2n) is 4.66. The molecule has 1 aromatic carbocycles. The maximum Gasteiger partial charge on any atom is 0.151 e. The summed E-state index contributed by atoms with van der Waals surface area (Å²) in [6, 6.07) is 5.61. The summed E-state index contributed by atoms with van der Waals surface area (Å²) in [6.45, 7) is 2.16. The SMILES string of the molecule is CCS(=O)(=O)CCNC1CCc2cc(O)ccc21. The highest BCUT2D eigenvalue weighted by molar-refractivity contribution is 7.91. The lowest BCUT2D eigenvalue weighted by molar-refractivity contribution is 0.474. The van der Waals surface area contributed by atoms with Crippen molar-refractivity contribution in [2.45, 2.75) is 25.8 Å². The van der Waals surface area contributed by atoms with Crippen LogP contribution in [0.15, 0.2) is 18.2 Å². The first-order valence-corrected chi connectivity index (χ1v) is 8.09. The first-order valence-electron chi connectivity index (χ1n) is 6.27. The molecule has 100 valence electrons. The van der Waals surface area contributed by atoms with Crippen molar-refractivity contribution in [3.8, 4) is 5.75 Å². The van der Waals surface area contributed by atoms with Crippen molar-refractivity contribution in [3.63, 3.8) is 0 Å². The molecule has 1 atom stereocenters. The lowest BCUT2D eigenvalue weighted by Gasteiger charge is -2.13. The lowest BCUT2D eigenvalue weighted by Crippen LogP contribution is -2.26. The summed E-state index contributed by atoms with van der Waals surface area (Å²) >= 11 is 0. The van der Waals surface area contributed by atoms with Crippen LogP contribution < -0.4 is 5.32 Å². The molecule has 4 nitrogen and oxygen atoms in total. The fourth-order valence-electron chi connectivity index (χ4n) is 2.35. The van der Waals surface area contributed by atoms with Crippen molar-refractivity contribution in [2.75, 3.05) is 18.1 Å². The van der Waals surface area contributed by atoms with Crippen LogP contribution in [0.3, 0.4) is 0 Å². The summed E-state index contributed by atoms with van der Waals surface area (Å²) in [5.41, 5.74) is 2.34. The van der Waals surface area contributed by atoms with Gasteiger partial charge in [0.25, 0.3) is 0 Å². The van der Waals surface area contributed by atoms with E-state index >= 15 is 0 Å². The molecule has 0 spiro atoms. The number of phenols is 1. The normalized spacial score (nSPS) is 18.8. The molecule has 0 fully saturated rings. The van der Waals surface area contributed by atoms with E-state index in [1.165, 1.54) is 5.56 Å². The Kier molecular flexibility index (Phi) is 3.92. The maximum atomic E-state index is 11.4. The Bertz CT molecular complexity index is 525. The third-order valence-corrected chi connectivity index (χ3v) is 5.15. The molecule has 0 radical (unpaired) electrons. The number of fused-ring (bicyclic) bond motifs is 1. The van der Waals surface area contributed by atoms with E-state index in [9.17, 15) is 13.5 Å². The van der Waals surface area contributed by atoms with Gasteiger partial charge in [-0.25, -0.2) is 8.42 Å². The van der Waals surface area contributed by atoms with Gasteiger partial charge in [0.05, 0.1) is 5.75 Å². The van der Waals surface area contributed by atoms with Gasteiger partial charge >= 0.3 is 0 Å². The summed E-state index contributed by atoms with van der Waals surface area (Å²) in [5, 5.41) is 12.7. The van der Waals surface area contributed by atoms with E-state index in [-0.39, 0.29) is 17.5 Å². The molecule has 0 aromatic heterocycles. The van der Waals surface area contributed by atoms with Crippen molar-refractivity contribution in [2.24, 2.45) is 0 Å². The van der Waals surface area contributed by atoms with Gasteiger partial charge in [0, 0.05) is 18.3 Å². The van der Waals surface area contributed by atoms with Gasteiger partial charge in [0.2, 0.25) is 0 Å². The topological polar surface area (TPSA) is 66.4 Å². The molecule has 0 bridgehead atoms.